The van der Waals surface area contributed by atoms with Gasteiger partial charge in [-0.3, -0.25) is 4.79 Å². The van der Waals surface area contributed by atoms with Gasteiger partial charge >= 0.3 is 5.97 Å². The molecule has 0 aromatic carbocycles. The van der Waals surface area contributed by atoms with Crippen LogP contribution in [0.1, 0.15) is 90.4 Å². The number of unbranched alkanes of at least 4 members (excludes halogenated alkanes) is 11. The van der Waals surface area contributed by atoms with Crippen molar-refractivity contribution in [3.05, 3.63) is 12.2 Å². The minimum absolute atomic E-state index is 0.0116. The Kier molecular flexibility index (Phi) is 15.4. The monoisotopic (exact) mass is 310 g/mol. The predicted octanol–water partition coefficient (Wildman–Crippen LogP) is 5.38. The van der Waals surface area contributed by atoms with Crippen LogP contribution in [0.2, 0.25) is 0 Å². The third kappa shape index (κ3) is 15.3. The SMILES string of the molecule is CCCCCCCCCCCCCCC(=O)C=CC(=O)OC. The van der Waals surface area contributed by atoms with Gasteiger partial charge in [-0.25, -0.2) is 4.79 Å². The summed E-state index contributed by atoms with van der Waals surface area (Å²) in [5, 5.41) is 0. The number of allylic oxidation sites excluding steroid dienone is 1. The van der Waals surface area contributed by atoms with Gasteiger partial charge < -0.3 is 4.74 Å². The van der Waals surface area contributed by atoms with E-state index < -0.39 is 5.97 Å². The summed E-state index contributed by atoms with van der Waals surface area (Å²) in [5.41, 5.74) is 0. The van der Waals surface area contributed by atoms with Crippen LogP contribution < -0.4 is 0 Å². The Morgan fingerprint density at radius 3 is 1.64 bits per heavy atom. The second-order valence-electron chi connectivity index (χ2n) is 5.96. The zero-order valence-electron chi connectivity index (χ0n) is 14.6. The lowest BCUT2D eigenvalue weighted by Gasteiger charge is -2.02. The van der Waals surface area contributed by atoms with Gasteiger partial charge in [0.25, 0.3) is 0 Å². The molecule has 0 heterocycles. The summed E-state index contributed by atoms with van der Waals surface area (Å²) in [4.78, 5) is 22.3. The number of carbonyl (C=O) groups excluding carboxylic acids is 2. The fraction of sp³-hybridized carbons (Fsp3) is 0.789. The molecule has 0 aliphatic rings. The third-order valence-corrected chi connectivity index (χ3v) is 3.88. The fourth-order valence-corrected chi connectivity index (χ4v) is 2.45. The van der Waals surface area contributed by atoms with Crippen molar-refractivity contribution >= 4 is 11.8 Å². The van der Waals surface area contributed by atoms with Crippen LogP contribution in [0.4, 0.5) is 0 Å². The second kappa shape index (κ2) is 16.3. The maximum atomic E-state index is 11.5. The number of esters is 1. The summed E-state index contributed by atoms with van der Waals surface area (Å²) in [6.07, 6.45) is 18.5. The Balaban J connectivity index is 3.25. The molecule has 0 unspecified atom stereocenters. The van der Waals surface area contributed by atoms with Crippen LogP contribution in [-0.4, -0.2) is 18.9 Å². The molecule has 0 radical (unpaired) electrons. The largest absolute Gasteiger partial charge is 0.466 e. The van der Waals surface area contributed by atoms with E-state index in [4.69, 9.17) is 0 Å². The van der Waals surface area contributed by atoms with Gasteiger partial charge in [0, 0.05) is 12.5 Å². The first-order chi connectivity index (χ1) is 10.7. The van der Waals surface area contributed by atoms with Crippen molar-refractivity contribution in [3.63, 3.8) is 0 Å². The number of hydrogen-bond donors (Lipinski definition) is 0. The molecule has 0 atom stereocenters. The van der Waals surface area contributed by atoms with Gasteiger partial charge in [0.05, 0.1) is 7.11 Å². The molecule has 128 valence electrons. The van der Waals surface area contributed by atoms with E-state index in [9.17, 15) is 9.59 Å². The Labute approximate surface area is 136 Å². The first-order valence-electron chi connectivity index (χ1n) is 8.99. The van der Waals surface area contributed by atoms with E-state index in [1.807, 2.05) is 0 Å². The normalized spacial score (nSPS) is 11.0. The van der Waals surface area contributed by atoms with Gasteiger partial charge in [-0.05, 0) is 12.5 Å². The van der Waals surface area contributed by atoms with E-state index in [-0.39, 0.29) is 5.78 Å². The van der Waals surface area contributed by atoms with Crippen LogP contribution >= 0.6 is 0 Å². The van der Waals surface area contributed by atoms with Crippen LogP contribution in [0.3, 0.4) is 0 Å². The molecule has 0 aliphatic carbocycles. The van der Waals surface area contributed by atoms with Crippen molar-refractivity contribution in [2.24, 2.45) is 0 Å². The van der Waals surface area contributed by atoms with Crippen LogP contribution in [-0.2, 0) is 14.3 Å². The van der Waals surface area contributed by atoms with Crippen LogP contribution in [0.25, 0.3) is 0 Å². The summed E-state index contributed by atoms with van der Waals surface area (Å²) < 4.78 is 4.44. The summed E-state index contributed by atoms with van der Waals surface area (Å²) in [5.74, 6) is -0.458. The molecule has 0 aromatic rings. The lowest BCUT2D eigenvalue weighted by Crippen LogP contribution is -1.98. The molecule has 3 heteroatoms. The van der Waals surface area contributed by atoms with Gasteiger partial charge in [0.15, 0.2) is 5.78 Å². The van der Waals surface area contributed by atoms with Crippen LogP contribution in [0.5, 0.6) is 0 Å². The van der Waals surface area contributed by atoms with Gasteiger partial charge in [-0.1, -0.05) is 77.6 Å². The van der Waals surface area contributed by atoms with Gasteiger partial charge in [0.2, 0.25) is 0 Å². The fourth-order valence-electron chi connectivity index (χ4n) is 2.45. The van der Waals surface area contributed by atoms with Gasteiger partial charge in [0.1, 0.15) is 0 Å². The maximum Gasteiger partial charge on any atom is 0.330 e. The summed E-state index contributed by atoms with van der Waals surface area (Å²) in [6.45, 7) is 2.25. The lowest BCUT2D eigenvalue weighted by atomic mass is 10.0. The minimum atomic E-state index is -0.469. The summed E-state index contributed by atoms with van der Waals surface area (Å²) >= 11 is 0. The third-order valence-electron chi connectivity index (χ3n) is 3.88. The molecule has 22 heavy (non-hydrogen) atoms. The van der Waals surface area contributed by atoms with E-state index in [2.05, 4.69) is 11.7 Å². The van der Waals surface area contributed by atoms with Crippen molar-refractivity contribution in [2.45, 2.75) is 90.4 Å². The minimum Gasteiger partial charge on any atom is -0.466 e. The number of ether oxygens (including phenoxy) is 1. The van der Waals surface area contributed by atoms with E-state index in [1.165, 1.54) is 83.5 Å². The molecule has 0 spiro atoms. The van der Waals surface area contributed by atoms with Crippen molar-refractivity contribution in [2.75, 3.05) is 7.11 Å². The van der Waals surface area contributed by atoms with Crippen molar-refractivity contribution in [1.29, 1.82) is 0 Å². The molecule has 3 nitrogen and oxygen atoms in total. The van der Waals surface area contributed by atoms with Crippen LogP contribution in [0, 0.1) is 0 Å². The van der Waals surface area contributed by atoms with E-state index in [0.717, 1.165) is 12.8 Å². The number of ketones is 1. The molecule has 0 fully saturated rings. The Hall–Kier alpha value is -1.12. The quantitative estimate of drug-likeness (QED) is 0.232. The number of carbonyl (C=O) groups is 2. The highest BCUT2D eigenvalue weighted by Crippen LogP contribution is 2.12. The molecule has 0 saturated heterocycles. The molecule has 0 amide bonds. The molecule has 0 N–H and O–H groups in total. The molecule has 0 aromatic heterocycles. The highest BCUT2D eigenvalue weighted by Gasteiger charge is 1.99. The number of methoxy groups -OCH3 is 1. The number of hydrogen-bond acceptors (Lipinski definition) is 3. The molecule has 0 aliphatic heterocycles. The van der Waals surface area contributed by atoms with Crippen molar-refractivity contribution in [1.82, 2.24) is 0 Å². The van der Waals surface area contributed by atoms with E-state index in [1.54, 1.807) is 0 Å². The van der Waals surface area contributed by atoms with E-state index in [0.29, 0.717) is 6.42 Å². The Bertz CT molecular complexity index is 308. The molecule has 0 saturated carbocycles. The lowest BCUT2D eigenvalue weighted by molar-refractivity contribution is -0.135. The second-order valence-corrected chi connectivity index (χ2v) is 5.96. The molecular weight excluding hydrogens is 276 g/mol. The topological polar surface area (TPSA) is 43.4 Å². The van der Waals surface area contributed by atoms with Crippen molar-refractivity contribution in [3.8, 4) is 0 Å². The zero-order chi connectivity index (χ0) is 16.5. The smallest absolute Gasteiger partial charge is 0.330 e. The standard InChI is InChI=1S/C19H34O3/c1-3-4-5-6-7-8-9-10-11-12-13-14-15-18(20)16-17-19(21)22-2/h16-17H,3-15H2,1-2H3. The highest BCUT2D eigenvalue weighted by atomic mass is 16.5. The predicted molar refractivity (Wildman–Crippen MR) is 91.9 cm³/mol. The van der Waals surface area contributed by atoms with Gasteiger partial charge in [-0.2, -0.15) is 0 Å². The van der Waals surface area contributed by atoms with Gasteiger partial charge in [-0.15, -0.1) is 0 Å². The Morgan fingerprint density at radius 1 is 0.727 bits per heavy atom. The first kappa shape index (κ1) is 20.9. The first-order valence-corrected chi connectivity index (χ1v) is 8.99. The summed E-state index contributed by atoms with van der Waals surface area (Å²) in [6, 6.07) is 0. The Morgan fingerprint density at radius 2 is 1.18 bits per heavy atom. The number of rotatable bonds is 15. The molecule has 0 bridgehead atoms. The average Bonchev–Trinajstić information content (AvgIpc) is 2.53. The molecular formula is C19H34O3. The highest BCUT2D eigenvalue weighted by molar-refractivity contribution is 5.95. The van der Waals surface area contributed by atoms with E-state index >= 15 is 0 Å². The van der Waals surface area contributed by atoms with Crippen molar-refractivity contribution < 1.29 is 14.3 Å². The van der Waals surface area contributed by atoms with Crippen LogP contribution in [0.15, 0.2) is 12.2 Å². The zero-order valence-corrected chi connectivity index (χ0v) is 14.6. The maximum absolute atomic E-state index is 11.5. The summed E-state index contributed by atoms with van der Waals surface area (Å²) in [7, 11) is 1.31. The molecule has 0 rings (SSSR count). The average molecular weight is 310 g/mol.